The molecule has 6 heteroatoms. The van der Waals surface area contributed by atoms with E-state index >= 15 is 0 Å². The van der Waals surface area contributed by atoms with Gasteiger partial charge in [0.15, 0.2) is 0 Å². The molecule has 6 nitrogen and oxygen atoms in total. The van der Waals surface area contributed by atoms with Gasteiger partial charge in [0.25, 0.3) is 0 Å². The molecule has 108 valence electrons. The van der Waals surface area contributed by atoms with E-state index in [1.165, 1.54) is 0 Å². The van der Waals surface area contributed by atoms with E-state index in [1.807, 2.05) is 0 Å². The fourth-order valence-corrected chi connectivity index (χ4v) is 2.63. The Bertz CT molecular complexity index is 327. The third kappa shape index (κ3) is 4.18. The van der Waals surface area contributed by atoms with Crippen molar-refractivity contribution in [2.75, 3.05) is 26.4 Å². The lowest BCUT2D eigenvalue weighted by atomic mass is 10.0. The second kappa shape index (κ2) is 6.86. The van der Waals surface area contributed by atoms with Crippen molar-refractivity contribution < 1.29 is 24.2 Å². The lowest BCUT2D eigenvalue weighted by Gasteiger charge is -2.36. The highest BCUT2D eigenvalue weighted by atomic mass is 16.5. The van der Waals surface area contributed by atoms with Gasteiger partial charge in [-0.2, -0.15) is 0 Å². The SMILES string of the molecule is O=C(O)C[C@H]1COCCN1C(=O)C[C@@H]1CCCCO1. The van der Waals surface area contributed by atoms with Crippen LogP contribution in [0.15, 0.2) is 0 Å². The highest BCUT2D eigenvalue weighted by Gasteiger charge is 2.30. The summed E-state index contributed by atoms with van der Waals surface area (Å²) >= 11 is 0. The number of nitrogens with zero attached hydrogens (tertiary/aromatic N) is 1. The lowest BCUT2D eigenvalue weighted by Crippen LogP contribution is -2.50. The van der Waals surface area contributed by atoms with E-state index < -0.39 is 5.97 Å². The van der Waals surface area contributed by atoms with E-state index in [2.05, 4.69) is 0 Å². The molecule has 0 aliphatic carbocycles. The van der Waals surface area contributed by atoms with Crippen molar-refractivity contribution in [3.05, 3.63) is 0 Å². The number of carboxylic acid groups (broad SMARTS) is 1. The molecule has 0 saturated carbocycles. The number of carbonyl (C=O) groups is 2. The first-order valence-electron chi connectivity index (χ1n) is 6.87. The van der Waals surface area contributed by atoms with Crippen LogP contribution in [0.4, 0.5) is 0 Å². The third-order valence-electron chi connectivity index (χ3n) is 3.63. The van der Waals surface area contributed by atoms with E-state index in [0.717, 1.165) is 25.9 Å². The smallest absolute Gasteiger partial charge is 0.305 e. The van der Waals surface area contributed by atoms with Crippen LogP contribution in [0.2, 0.25) is 0 Å². The summed E-state index contributed by atoms with van der Waals surface area (Å²) in [5.74, 6) is -0.913. The van der Waals surface area contributed by atoms with Crippen LogP contribution >= 0.6 is 0 Å². The van der Waals surface area contributed by atoms with Gasteiger partial charge in [0.1, 0.15) is 0 Å². The first kappa shape index (κ1) is 14.3. The summed E-state index contributed by atoms with van der Waals surface area (Å²) in [6, 6.07) is -0.345. The number of rotatable bonds is 4. The molecular formula is C13H21NO5. The Morgan fingerprint density at radius 1 is 1.21 bits per heavy atom. The normalized spacial score (nSPS) is 28.1. The van der Waals surface area contributed by atoms with Crippen LogP contribution in [0, 0.1) is 0 Å². The number of hydrogen-bond donors (Lipinski definition) is 1. The Hall–Kier alpha value is -1.14. The van der Waals surface area contributed by atoms with Crippen LogP contribution in [0.1, 0.15) is 32.1 Å². The van der Waals surface area contributed by atoms with Crippen LogP contribution in [0.25, 0.3) is 0 Å². The van der Waals surface area contributed by atoms with Crippen molar-refractivity contribution in [1.29, 1.82) is 0 Å². The number of carboxylic acids is 1. The number of morpholine rings is 1. The molecule has 0 spiro atoms. The molecule has 0 bridgehead atoms. The van der Waals surface area contributed by atoms with Crippen molar-refractivity contribution in [3.8, 4) is 0 Å². The lowest BCUT2D eigenvalue weighted by molar-refractivity contribution is -0.148. The maximum atomic E-state index is 12.3. The first-order valence-corrected chi connectivity index (χ1v) is 6.87. The third-order valence-corrected chi connectivity index (χ3v) is 3.63. The highest BCUT2D eigenvalue weighted by molar-refractivity contribution is 5.78. The molecule has 0 radical (unpaired) electrons. The summed E-state index contributed by atoms with van der Waals surface area (Å²) in [7, 11) is 0. The Balaban J connectivity index is 1.88. The maximum absolute atomic E-state index is 12.3. The Kier molecular flexibility index (Phi) is 5.15. The molecule has 19 heavy (non-hydrogen) atoms. The monoisotopic (exact) mass is 271 g/mol. The summed E-state index contributed by atoms with van der Waals surface area (Å²) in [6.07, 6.45) is 3.37. The fourth-order valence-electron chi connectivity index (χ4n) is 2.63. The molecule has 0 aromatic heterocycles. The zero-order valence-corrected chi connectivity index (χ0v) is 11.0. The average Bonchev–Trinajstić information content (AvgIpc) is 2.39. The fraction of sp³-hybridized carbons (Fsp3) is 0.846. The van der Waals surface area contributed by atoms with Gasteiger partial charge < -0.3 is 19.5 Å². The summed E-state index contributed by atoms with van der Waals surface area (Å²) in [5, 5.41) is 8.87. The van der Waals surface area contributed by atoms with Gasteiger partial charge >= 0.3 is 5.97 Å². The first-order chi connectivity index (χ1) is 9.16. The number of hydrogen-bond acceptors (Lipinski definition) is 4. The second-order valence-electron chi connectivity index (χ2n) is 5.11. The molecule has 1 N–H and O–H groups in total. The van der Waals surface area contributed by atoms with Crippen LogP contribution in [-0.2, 0) is 19.1 Å². The van der Waals surface area contributed by atoms with Crippen molar-refractivity contribution in [2.45, 2.75) is 44.2 Å². The minimum atomic E-state index is -0.901. The molecule has 0 aromatic rings. The molecule has 0 unspecified atom stereocenters. The van der Waals surface area contributed by atoms with Gasteiger partial charge in [-0.25, -0.2) is 0 Å². The summed E-state index contributed by atoms with van der Waals surface area (Å²) in [5.41, 5.74) is 0. The van der Waals surface area contributed by atoms with E-state index in [0.29, 0.717) is 26.2 Å². The second-order valence-corrected chi connectivity index (χ2v) is 5.11. The van der Waals surface area contributed by atoms with Crippen LogP contribution in [-0.4, -0.2) is 60.4 Å². The number of carbonyl (C=O) groups excluding carboxylic acids is 1. The topological polar surface area (TPSA) is 76.1 Å². The number of aliphatic carboxylic acids is 1. The van der Waals surface area contributed by atoms with Gasteiger partial charge in [-0.15, -0.1) is 0 Å². The standard InChI is InChI=1S/C13H21NO5/c15-12(8-11-3-1-2-5-19-11)14-4-6-18-9-10(14)7-13(16)17/h10-11H,1-9H2,(H,16,17)/t10-,11-/m0/s1. The van der Waals surface area contributed by atoms with E-state index in [1.54, 1.807) is 4.90 Å². The summed E-state index contributed by atoms with van der Waals surface area (Å²) in [6.45, 7) is 1.99. The van der Waals surface area contributed by atoms with E-state index in [-0.39, 0.29) is 24.5 Å². The predicted octanol–water partition coefficient (Wildman–Crippen LogP) is 0.648. The van der Waals surface area contributed by atoms with Gasteiger partial charge in [-0.1, -0.05) is 0 Å². The van der Waals surface area contributed by atoms with Gasteiger partial charge in [0.2, 0.25) is 5.91 Å². The molecular weight excluding hydrogens is 250 g/mol. The Morgan fingerprint density at radius 3 is 2.74 bits per heavy atom. The minimum Gasteiger partial charge on any atom is -0.481 e. The number of amides is 1. The Morgan fingerprint density at radius 2 is 2.05 bits per heavy atom. The number of ether oxygens (including phenoxy) is 2. The van der Waals surface area contributed by atoms with Gasteiger partial charge in [-0.05, 0) is 19.3 Å². The molecule has 2 aliphatic heterocycles. The van der Waals surface area contributed by atoms with Gasteiger partial charge in [-0.3, -0.25) is 9.59 Å². The molecule has 2 saturated heterocycles. The molecule has 2 heterocycles. The van der Waals surface area contributed by atoms with Crippen molar-refractivity contribution in [1.82, 2.24) is 4.90 Å². The zero-order chi connectivity index (χ0) is 13.7. The predicted molar refractivity (Wildman–Crippen MR) is 66.8 cm³/mol. The molecule has 2 aliphatic rings. The zero-order valence-electron chi connectivity index (χ0n) is 11.0. The minimum absolute atomic E-state index is 0.00503. The van der Waals surface area contributed by atoms with Crippen LogP contribution < -0.4 is 0 Å². The highest BCUT2D eigenvalue weighted by Crippen LogP contribution is 2.19. The molecule has 0 aromatic carbocycles. The van der Waals surface area contributed by atoms with Gasteiger partial charge in [0, 0.05) is 13.2 Å². The van der Waals surface area contributed by atoms with Crippen molar-refractivity contribution >= 4 is 11.9 Å². The quantitative estimate of drug-likeness (QED) is 0.812. The average molecular weight is 271 g/mol. The molecule has 2 atom stereocenters. The summed E-state index contributed by atoms with van der Waals surface area (Å²) in [4.78, 5) is 24.7. The molecule has 2 fully saturated rings. The van der Waals surface area contributed by atoms with Crippen LogP contribution in [0.5, 0.6) is 0 Å². The van der Waals surface area contributed by atoms with Crippen molar-refractivity contribution in [2.24, 2.45) is 0 Å². The maximum Gasteiger partial charge on any atom is 0.305 e. The molecule has 1 amide bonds. The van der Waals surface area contributed by atoms with Crippen molar-refractivity contribution in [3.63, 3.8) is 0 Å². The Labute approximate surface area is 112 Å². The van der Waals surface area contributed by atoms with E-state index in [4.69, 9.17) is 14.6 Å². The molecule has 2 rings (SSSR count). The largest absolute Gasteiger partial charge is 0.481 e. The van der Waals surface area contributed by atoms with Gasteiger partial charge in [0.05, 0.1) is 38.2 Å². The van der Waals surface area contributed by atoms with Crippen LogP contribution in [0.3, 0.4) is 0 Å². The summed E-state index contributed by atoms with van der Waals surface area (Å²) < 4.78 is 10.8. The van der Waals surface area contributed by atoms with E-state index in [9.17, 15) is 9.59 Å².